The highest BCUT2D eigenvalue weighted by Gasteiger charge is 2.17. The Bertz CT molecular complexity index is 2840. The van der Waals surface area contributed by atoms with Gasteiger partial charge in [0, 0.05) is 50.2 Å². The third-order valence-electron chi connectivity index (χ3n) is 9.53. The Morgan fingerprint density at radius 1 is 0.417 bits per heavy atom. The van der Waals surface area contributed by atoms with Crippen molar-refractivity contribution in [1.29, 1.82) is 0 Å². The molecular formula is C44H28N4. The topological polar surface area (TPSA) is 35.6 Å². The van der Waals surface area contributed by atoms with E-state index in [4.69, 9.17) is 9.97 Å². The second kappa shape index (κ2) is 10.5. The summed E-state index contributed by atoms with van der Waals surface area (Å²) in [5.74, 6) is 0.710. The van der Waals surface area contributed by atoms with Crippen molar-refractivity contribution >= 4 is 54.4 Å². The van der Waals surface area contributed by atoms with E-state index in [0.717, 1.165) is 39.1 Å². The second-order valence-electron chi connectivity index (χ2n) is 12.3. The van der Waals surface area contributed by atoms with E-state index in [0.29, 0.717) is 5.82 Å². The average molecular weight is 613 g/mol. The molecule has 3 heterocycles. The summed E-state index contributed by atoms with van der Waals surface area (Å²) in [7, 11) is 0. The van der Waals surface area contributed by atoms with Gasteiger partial charge in [0.1, 0.15) is 0 Å². The van der Waals surface area contributed by atoms with Gasteiger partial charge in [0.2, 0.25) is 0 Å². The molecule has 0 unspecified atom stereocenters. The van der Waals surface area contributed by atoms with Gasteiger partial charge in [-0.15, -0.1) is 0 Å². The summed E-state index contributed by atoms with van der Waals surface area (Å²) >= 11 is 0. The highest BCUT2D eigenvalue weighted by Crippen LogP contribution is 2.38. The molecule has 4 nitrogen and oxygen atoms in total. The van der Waals surface area contributed by atoms with Crippen molar-refractivity contribution in [1.82, 2.24) is 19.1 Å². The smallest absolute Gasteiger partial charge is 0.160 e. The van der Waals surface area contributed by atoms with Gasteiger partial charge in [-0.1, -0.05) is 109 Å². The number of hydrogen-bond donors (Lipinski definition) is 0. The van der Waals surface area contributed by atoms with Gasteiger partial charge >= 0.3 is 0 Å². The van der Waals surface area contributed by atoms with Gasteiger partial charge in [-0.2, -0.15) is 0 Å². The zero-order valence-electron chi connectivity index (χ0n) is 26.0. The van der Waals surface area contributed by atoms with Crippen LogP contribution >= 0.6 is 0 Å². The van der Waals surface area contributed by atoms with E-state index in [1.54, 1.807) is 0 Å². The molecule has 0 saturated carbocycles. The molecule has 3 aromatic heterocycles. The SMILES string of the molecule is c1ccc(-n2ccc3cc4c(cc32)c2ccccc2n4-c2cccc(-c3nc(-c4cccc5ccccc45)c4ccccc4n3)c2)cc1. The summed E-state index contributed by atoms with van der Waals surface area (Å²) in [6, 6.07) is 58.0. The fourth-order valence-corrected chi connectivity index (χ4v) is 7.32. The first-order valence-corrected chi connectivity index (χ1v) is 16.3. The molecule has 0 aliphatic rings. The molecule has 0 atom stereocenters. The lowest BCUT2D eigenvalue weighted by atomic mass is 9.99. The minimum atomic E-state index is 0.710. The third-order valence-corrected chi connectivity index (χ3v) is 9.53. The standard InChI is InChI=1S/C44H28N4/c1-2-15-32(16-3-1)47-25-24-30-27-42-38(28-41(30)47)35-19-7-9-23-40(35)48(42)33-17-10-14-31(26-33)44-45-39-22-8-6-20-37(39)43(46-44)36-21-11-13-29-12-4-5-18-34(29)36/h1-28H. The second-order valence-corrected chi connectivity index (χ2v) is 12.3. The van der Waals surface area contributed by atoms with Crippen LogP contribution in [-0.4, -0.2) is 19.1 Å². The van der Waals surface area contributed by atoms with Crippen molar-refractivity contribution in [2.45, 2.75) is 0 Å². The molecule has 0 N–H and O–H groups in total. The predicted molar refractivity (Wildman–Crippen MR) is 199 cm³/mol. The molecule has 4 heteroatoms. The Kier molecular flexibility index (Phi) is 5.84. The van der Waals surface area contributed by atoms with Crippen LogP contribution in [0.2, 0.25) is 0 Å². The van der Waals surface area contributed by atoms with Crippen molar-refractivity contribution in [3.05, 3.63) is 170 Å². The third kappa shape index (κ3) is 4.10. The van der Waals surface area contributed by atoms with Gasteiger partial charge in [0.05, 0.1) is 27.8 Å². The van der Waals surface area contributed by atoms with Crippen molar-refractivity contribution in [2.75, 3.05) is 0 Å². The Balaban J connectivity index is 1.18. The van der Waals surface area contributed by atoms with Crippen LogP contribution in [0.4, 0.5) is 0 Å². The fraction of sp³-hybridized carbons (Fsp3) is 0. The molecule has 0 aliphatic carbocycles. The van der Waals surface area contributed by atoms with E-state index < -0.39 is 0 Å². The van der Waals surface area contributed by atoms with Crippen LogP contribution in [0.25, 0.3) is 88.4 Å². The molecule has 224 valence electrons. The zero-order valence-corrected chi connectivity index (χ0v) is 26.0. The Labute approximate surface area is 276 Å². The summed E-state index contributed by atoms with van der Waals surface area (Å²) in [5, 5.41) is 7.06. The first-order chi connectivity index (χ1) is 23.8. The van der Waals surface area contributed by atoms with Crippen molar-refractivity contribution in [3.63, 3.8) is 0 Å². The maximum atomic E-state index is 5.29. The predicted octanol–water partition coefficient (Wildman–Crippen LogP) is 11.2. The van der Waals surface area contributed by atoms with Crippen LogP contribution in [0, 0.1) is 0 Å². The number of nitrogens with zero attached hydrogens (tertiary/aromatic N) is 4. The van der Waals surface area contributed by atoms with Crippen molar-refractivity contribution in [2.24, 2.45) is 0 Å². The van der Waals surface area contributed by atoms with Gasteiger partial charge in [-0.05, 0) is 65.4 Å². The largest absolute Gasteiger partial charge is 0.317 e. The van der Waals surface area contributed by atoms with Crippen LogP contribution in [0.1, 0.15) is 0 Å². The minimum absolute atomic E-state index is 0.710. The van der Waals surface area contributed by atoms with Crippen LogP contribution in [0.15, 0.2) is 170 Å². The number of fused-ring (bicyclic) bond motifs is 6. The van der Waals surface area contributed by atoms with E-state index in [1.165, 1.54) is 43.5 Å². The average Bonchev–Trinajstić information content (AvgIpc) is 3.72. The number of rotatable bonds is 4. The van der Waals surface area contributed by atoms with Gasteiger partial charge in [0.15, 0.2) is 5.82 Å². The van der Waals surface area contributed by atoms with E-state index in [2.05, 4.69) is 173 Å². The van der Waals surface area contributed by atoms with Crippen LogP contribution in [0.5, 0.6) is 0 Å². The molecule has 0 aliphatic heterocycles. The Morgan fingerprint density at radius 3 is 2.06 bits per heavy atom. The highest BCUT2D eigenvalue weighted by atomic mass is 15.0. The van der Waals surface area contributed by atoms with Crippen LogP contribution in [0.3, 0.4) is 0 Å². The van der Waals surface area contributed by atoms with Crippen LogP contribution < -0.4 is 0 Å². The maximum Gasteiger partial charge on any atom is 0.160 e. The van der Waals surface area contributed by atoms with Gasteiger partial charge in [0.25, 0.3) is 0 Å². The summed E-state index contributed by atoms with van der Waals surface area (Å²) in [6.07, 6.45) is 2.16. The van der Waals surface area contributed by atoms with E-state index >= 15 is 0 Å². The fourth-order valence-electron chi connectivity index (χ4n) is 7.32. The maximum absolute atomic E-state index is 5.29. The molecule has 7 aromatic carbocycles. The molecule has 0 spiro atoms. The number of aromatic nitrogens is 4. The lowest BCUT2D eigenvalue weighted by Crippen LogP contribution is -1.98. The Hall–Kier alpha value is -6.52. The summed E-state index contributed by atoms with van der Waals surface area (Å²) < 4.78 is 4.65. The van der Waals surface area contributed by atoms with Crippen molar-refractivity contribution in [3.8, 4) is 34.0 Å². The van der Waals surface area contributed by atoms with Gasteiger partial charge < -0.3 is 9.13 Å². The normalized spacial score (nSPS) is 11.8. The first kappa shape index (κ1) is 26.7. The summed E-state index contributed by atoms with van der Waals surface area (Å²) in [6.45, 7) is 0. The zero-order chi connectivity index (χ0) is 31.6. The summed E-state index contributed by atoms with van der Waals surface area (Å²) in [4.78, 5) is 10.4. The molecule has 10 aromatic rings. The number of benzene rings is 7. The lowest BCUT2D eigenvalue weighted by molar-refractivity contribution is 1.13. The molecule has 0 fully saturated rings. The minimum Gasteiger partial charge on any atom is -0.317 e. The molecule has 0 radical (unpaired) electrons. The van der Waals surface area contributed by atoms with Crippen LogP contribution in [-0.2, 0) is 0 Å². The van der Waals surface area contributed by atoms with Crippen molar-refractivity contribution < 1.29 is 0 Å². The molecule has 0 bridgehead atoms. The van der Waals surface area contributed by atoms with Gasteiger partial charge in [-0.25, -0.2) is 9.97 Å². The molecule has 0 amide bonds. The monoisotopic (exact) mass is 612 g/mol. The molecule has 10 rings (SSSR count). The molecule has 0 saturated heterocycles. The van der Waals surface area contributed by atoms with E-state index in [1.807, 2.05) is 6.07 Å². The first-order valence-electron chi connectivity index (χ1n) is 16.3. The molecular weight excluding hydrogens is 585 g/mol. The lowest BCUT2D eigenvalue weighted by Gasteiger charge is -2.13. The summed E-state index contributed by atoms with van der Waals surface area (Å²) in [5.41, 5.74) is 9.71. The van der Waals surface area contributed by atoms with Gasteiger partial charge in [-0.3, -0.25) is 0 Å². The molecule has 48 heavy (non-hydrogen) atoms. The van der Waals surface area contributed by atoms with E-state index in [-0.39, 0.29) is 0 Å². The quantitative estimate of drug-likeness (QED) is 0.198. The number of para-hydroxylation sites is 3. The Morgan fingerprint density at radius 2 is 1.15 bits per heavy atom. The number of hydrogen-bond acceptors (Lipinski definition) is 2. The van der Waals surface area contributed by atoms with E-state index in [9.17, 15) is 0 Å². The highest BCUT2D eigenvalue weighted by molar-refractivity contribution is 6.13.